The van der Waals surface area contributed by atoms with Gasteiger partial charge in [-0.25, -0.2) is 17.5 Å². The van der Waals surface area contributed by atoms with Gasteiger partial charge in [-0.1, -0.05) is 0 Å². The van der Waals surface area contributed by atoms with E-state index in [4.69, 9.17) is 5.73 Å². The van der Waals surface area contributed by atoms with E-state index in [1.54, 1.807) is 6.92 Å². The minimum absolute atomic E-state index is 0.0152. The molecule has 0 aliphatic carbocycles. The molecular formula is C11H14F4N2O2S. The topological polar surface area (TPSA) is 72.2 Å². The van der Waals surface area contributed by atoms with Crippen LogP contribution in [0.5, 0.6) is 0 Å². The van der Waals surface area contributed by atoms with Crippen molar-refractivity contribution >= 4 is 10.0 Å². The summed E-state index contributed by atoms with van der Waals surface area (Å²) in [6, 6.07) is 1.27. The average Bonchev–Trinajstić information content (AvgIpc) is 2.26. The predicted octanol–water partition coefficient (Wildman–Crippen LogP) is 1.86. The number of nitrogens with one attached hydrogen (secondary N) is 1. The van der Waals surface area contributed by atoms with Gasteiger partial charge in [0.25, 0.3) is 0 Å². The molecule has 0 radical (unpaired) electrons. The number of sulfonamides is 1. The highest BCUT2D eigenvalue weighted by Crippen LogP contribution is 2.32. The number of benzene rings is 1. The van der Waals surface area contributed by atoms with Gasteiger partial charge in [-0.2, -0.15) is 13.2 Å². The van der Waals surface area contributed by atoms with Crippen LogP contribution in [0.25, 0.3) is 0 Å². The van der Waals surface area contributed by atoms with Gasteiger partial charge in [0, 0.05) is 12.6 Å². The molecule has 1 aromatic carbocycles. The second-order valence-corrected chi connectivity index (χ2v) is 6.07. The molecule has 1 unspecified atom stereocenters. The summed E-state index contributed by atoms with van der Waals surface area (Å²) in [5.41, 5.74) is 3.81. The number of alkyl halides is 3. The van der Waals surface area contributed by atoms with E-state index in [1.165, 1.54) is 0 Å². The SMILES string of the molecule is CC(N)CCNS(=O)(=O)c1ccc(F)c(C(F)(F)F)c1. The van der Waals surface area contributed by atoms with Gasteiger partial charge in [0.2, 0.25) is 10.0 Å². The summed E-state index contributed by atoms with van der Waals surface area (Å²) in [6.07, 6.45) is -4.63. The molecule has 20 heavy (non-hydrogen) atoms. The Labute approximate surface area is 114 Å². The maximum atomic E-state index is 13.1. The molecule has 114 valence electrons. The third kappa shape index (κ3) is 4.43. The molecule has 0 aliphatic rings. The first-order valence-corrected chi connectivity index (χ1v) is 7.14. The first kappa shape index (κ1) is 16.9. The third-order valence-electron chi connectivity index (χ3n) is 2.45. The first-order valence-electron chi connectivity index (χ1n) is 5.66. The van der Waals surface area contributed by atoms with Gasteiger partial charge < -0.3 is 5.73 Å². The molecule has 9 heteroatoms. The molecule has 0 fully saturated rings. The van der Waals surface area contributed by atoms with Crippen molar-refractivity contribution in [2.45, 2.75) is 30.5 Å². The van der Waals surface area contributed by atoms with E-state index in [9.17, 15) is 26.0 Å². The Balaban J connectivity index is 3.02. The van der Waals surface area contributed by atoms with Crippen LogP contribution in [0.1, 0.15) is 18.9 Å². The molecule has 0 bridgehead atoms. The number of nitrogens with two attached hydrogens (primary N) is 1. The van der Waals surface area contributed by atoms with Crippen LogP contribution in [0.3, 0.4) is 0 Å². The molecule has 3 N–H and O–H groups in total. The largest absolute Gasteiger partial charge is 0.419 e. The highest BCUT2D eigenvalue weighted by Gasteiger charge is 2.35. The Morgan fingerprint density at radius 2 is 1.95 bits per heavy atom. The zero-order valence-electron chi connectivity index (χ0n) is 10.5. The lowest BCUT2D eigenvalue weighted by Gasteiger charge is -2.12. The lowest BCUT2D eigenvalue weighted by molar-refractivity contribution is -0.140. The van der Waals surface area contributed by atoms with Gasteiger partial charge in [0.1, 0.15) is 5.82 Å². The van der Waals surface area contributed by atoms with Gasteiger partial charge in [0.05, 0.1) is 10.5 Å². The molecule has 1 rings (SSSR count). The van der Waals surface area contributed by atoms with Crippen LogP contribution in [0, 0.1) is 5.82 Å². The van der Waals surface area contributed by atoms with E-state index in [0.29, 0.717) is 12.5 Å². The summed E-state index contributed by atoms with van der Waals surface area (Å²) >= 11 is 0. The molecule has 0 heterocycles. The quantitative estimate of drug-likeness (QED) is 0.815. The predicted molar refractivity (Wildman–Crippen MR) is 64.9 cm³/mol. The Bertz CT molecular complexity index is 570. The van der Waals surface area contributed by atoms with Gasteiger partial charge >= 0.3 is 6.18 Å². The normalized spacial score (nSPS) is 14.3. The number of halogens is 4. The molecule has 0 spiro atoms. The summed E-state index contributed by atoms with van der Waals surface area (Å²) in [6.45, 7) is 1.65. The van der Waals surface area contributed by atoms with Crippen molar-refractivity contribution in [2.24, 2.45) is 5.73 Å². The second kappa shape index (κ2) is 6.06. The molecule has 0 amide bonds. The molecule has 1 aromatic rings. The van der Waals surface area contributed by atoms with E-state index in [-0.39, 0.29) is 18.7 Å². The molecule has 0 aliphatic heterocycles. The molecular weight excluding hydrogens is 300 g/mol. The van der Waals surface area contributed by atoms with Crippen molar-refractivity contribution in [1.82, 2.24) is 4.72 Å². The van der Waals surface area contributed by atoms with Crippen molar-refractivity contribution in [2.75, 3.05) is 6.54 Å². The maximum absolute atomic E-state index is 13.1. The minimum Gasteiger partial charge on any atom is -0.328 e. The van der Waals surface area contributed by atoms with Crippen LogP contribution in [0.4, 0.5) is 17.6 Å². The average molecular weight is 314 g/mol. The molecule has 0 aromatic heterocycles. The van der Waals surface area contributed by atoms with E-state index < -0.39 is 32.5 Å². The highest BCUT2D eigenvalue weighted by molar-refractivity contribution is 7.89. The van der Waals surface area contributed by atoms with Gasteiger partial charge in [0.15, 0.2) is 0 Å². The Morgan fingerprint density at radius 1 is 1.35 bits per heavy atom. The fourth-order valence-corrected chi connectivity index (χ4v) is 2.47. The first-order chi connectivity index (χ1) is 9.04. The maximum Gasteiger partial charge on any atom is 0.419 e. The fourth-order valence-electron chi connectivity index (χ4n) is 1.39. The monoisotopic (exact) mass is 314 g/mol. The Morgan fingerprint density at radius 3 is 2.45 bits per heavy atom. The van der Waals surface area contributed by atoms with Crippen molar-refractivity contribution in [3.8, 4) is 0 Å². The van der Waals surface area contributed by atoms with Gasteiger partial charge in [-0.05, 0) is 31.5 Å². The molecule has 4 nitrogen and oxygen atoms in total. The summed E-state index contributed by atoms with van der Waals surface area (Å²) in [5.74, 6) is -1.52. The smallest absolute Gasteiger partial charge is 0.328 e. The minimum atomic E-state index is -4.96. The van der Waals surface area contributed by atoms with Crippen LogP contribution < -0.4 is 10.5 Å². The van der Waals surface area contributed by atoms with Crippen molar-refractivity contribution in [1.29, 1.82) is 0 Å². The zero-order chi connectivity index (χ0) is 15.6. The van der Waals surface area contributed by atoms with Gasteiger partial charge in [-0.15, -0.1) is 0 Å². The van der Waals surface area contributed by atoms with Crippen LogP contribution in [-0.2, 0) is 16.2 Å². The Hall–Kier alpha value is -1.19. The highest BCUT2D eigenvalue weighted by atomic mass is 32.2. The summed E-state index contributed by atoms with van der Waals surface area (Å²) in [7, 11) is -4.13. The van der Waals surface area contributed by atoms with E-state index in [0.717, 1.165) is 6.07 Å². The van der Waals surface area contributed by atoms with Crippen molar-refractivity contribution in [3.05, 3.63) is 29.6 Å². The third-order valence-corrected chi connectivity index (χ3v) is 3.90. The summed E-state index contributed by atoms with van der Waals surface area (Å²) < 4.78 is 76.2. The second-order valence-electron chi connectivity index (χ2n) is 4.30. The standard InChI is InChI=1S/C11H14F4N2O2S/c1-7(16)4-5-17-20(18,19)8-2-3-10(12)9(6-8)11(13,14)15/h2-3,6-7,17H,4-5,16H2,1H3. The number of hydrogen-bond acceptors (Lipinski definition) is 3. The zero-order valence-corrected chi connectivity index (χ0v) is 11.4. The van der Waals surface area contributed by atoms with E-state index in [2.05, 4.69) is 4.72 Å². The van der Waals surface area contributed by atoms with Crippen LogP contribution in [0.15, 0.2) is 23.1 Å². The van der Waals surface area contributed by atoms with Crippen LogP contribution in [0.2, 0.25) is 0 Å². The van der Waals surface area contributed by atoms with Crippen molar-refractivity contribution in [3.63, 3.8) is 0 Å². The Kier molecular flexibility index (Phi) is 5.11. The van der Waals surface area contributed by atoms with Crippen LogP contribution in [-0.4, -0.2) is 21.0 Å². The summed E-state index contributed by atoms with van der Waals surface area (Å²) in [4.78, 5) is -0.643. The molecule has 1 atom stereocenters. The summed E-state index contributed by atoms with van der Waals surface area (Å²) in [5, 5.41) is 0. The van der Waals surface area contributed by atoms with Gasteiger partial charge in [-0.3, -0.25) is 0 Å². The van der Waals surface area contributed by atoms with Crippen LogP contribution >= 0.6 is 0 Å². The fraction of sp³-hybridized carbons (Fsp3) is 0.455. The van der Waals surface area contributed by atoms with E-state index in [1.807, 2.05) is 0 Å². The lowest BCUT2D eigenvalue weighted by atomic mass is 10.2. The molecule has 0 saturated heterocycles. The lowest BCUT2D eigenvalue weighted by Crippen LogP contribution is -2.29. The number of rotatable bonds is 5. The van der Waals surface area contributed by atoms with E-state index >= 15 is 0 Å². The number of hydrogen-bond donors (Lipinski definition) is 2. The molecule has 0 saturated carbocycles. The van der Waals surface area contributed by atoms with Crippen molar-refractivity contribution < 1.29 is 26.0 Å².